The zero-order valence-electron chi connectivity index (χ0n) is 12.7. The van der Waals surface area contributed by atoms with Crippen molar-refractivity contribution in [1.82, 2.24) is 10.2 Å². The lowest BCUT2D eigenvalue weighted by molar-refractivity contribution is 0.199. The normalized spacial score (nSPS) is 16.5. The third-order valence-corrected chi connectivity index (χ3v) is 3.71. The number of benzene rings is 1. The van der Waals surface area contributed by atoms with Gasteiger partial charge >= 0.3 is 0 Å². The van der Waals surface area contributed by atoms with Crippen LogP contribution in [0.25, 0.3) is 0 Å². The molecule has 0 aliphatic carbocycles. The van der Waals surface area contributed by atoms with Gasteiger partial charge in [0.05, 0.1) is 6.61 Å². The summed E-state index contributed by atoms with van der Waals surface area (Å²) in [6.45, 7) is 4.59. The first-order chi connectivity index (χ1) is 10.1. The fraction of sp³-hybridized carbons (Fsp3) is 0.600. The van der Waals surface area contributed by atoms with Crippen LogP contribution in [-0.2, 0) is 11.3 Å². The number of nitrogens with zero attached hydrogens (tertiary/aromatic N) is 2. The largest absolute Gasteiger partial charge is 0.383 e. The number of likely N-dealkylation sites (N-methyl/N-ethyl adjacent to an activating group) is 1. The quantitative estimate of drug-likeness (QED) is 0.805. The molecule has 2 rings (SSSR count). The summed E-state index contributed by atoms with van der Waals surface area (Å²) in [6, 6.07) is 2.83. The van der Waals surface area contributed by atoms with Gasteiger partial charge in [-0.3, -0.25) is 0 Å². The highest BCUT2D eigenvalue weighted by Gasteiger charge is 2.21. The number of halogens is 2. The molecule has 6 heteroatoms. The summed E-state index contributed by atoms with van der Waals surface area (Å²) in [4.78, 5) is 3.94. The van der Waals surface area contributed by atoms with Crippen LogP contribution in [0.5, 0.6) is 0 Å². The van der Waals surface area contributed by atoms with E-state index in [4.69, 9.17) is 4.74 Å². The molecule has 1 saturated heterocycles. The Labute approximate surface area is 124 Å². The molecular weight excluding hydrogens is 276 g/mol. The van der Waals surface area contributed by atoms with Crippen LogP contribution >= 0.6 is 0 Å². The third-order valence-electron chi connectivity index (χ3n) is 3.71. The Bertz CT molecular complexity index is 439. The van der Waals surface area contributed by atoms with Crippen molar-refractivity contribution in [3.8, 4) is 0 Å². The van der Waals surface area contributed by atoms with Crippen LogP contribution in [0.15, 0.2) is 12.1 Å². The number of hydrogen-bond acceptors (Lipinski definition) is 4. The lowest BCUT2D eigenvalue weighted by Crippen LogP contribution is -2.45. The average molecular weight is 299 g/mol. The molecule has 0 amide bonds. The van der Waals surface area contributed by atoms with Gasteiger partial charge in [-0.15, -0.1) is 0 Å². The molecule has 118 valence electrons. The van der Waals surface area contributed by atoms with Gasteiger partial charge in [0.25, 0.3) is 0 Å². The number of piperazine rings is 1. The average Bonchev–Trinajstić information content (AvgIpc) is 2.45. The molecule has 1 aromatic rings. The molecule has 1 fully saturated rings. The van der Waals surface area contributed by atoms with E-state index in [2.05, 4.69) is 10.2 Å². The van der Waals surface area contributed by atoms with E-state index in [0.717, 1.165) is 13.1 Å². The topological polar surface area (TPSA) is 27.7 Å². The van der Waals surface area contributed by atoms with E-state index in [1.54, 1.807) is 12.0 Å². The molecule has 0 unspecified atom stereocenters. The van der Waals surface area contributed by atoms with Gasteiger partial charge in [-0.05, 0) is 24.7 Å². The van der Waals surface area contributed by atoms with E-state index in [9.17, 15) is 8.78 Å². The van der Waals surface area contributed by atoms with E-state index in [1.807, 2.05) is 7.05 Å². The van der Waals surface area contributed by atoms with Gasteiger partial charge in [0.15, 0.2) is 0 Å². The second-order valence-electron chi connectivity index (χ2n) is 5.37. The van der Waals surface area contributed by atoms with Crippen LogP contribution in [0.3, 0.4) is 0 Å². The lowest BCUT2D eigenvalue weighted by atomic mass is 10.1. The van der Waals surface area contributed by atoms with Crippen molar-refractivity contribution >= 4 is 5.69 Å². The van der Waals surface area contributed by atoms with Crippen LogP contribution in [0.1, 0.15) is 5.56 Å². The van der Waals surface area contributed by atoms with E-state index in [0.29, 0.717) is 38.3 Å². The van der Waals surface area contributed by atoms with E-state index in [1.165, 1.54) is 12.1 Å². The number of anilines is 1. The maximum absolute atomic E-state index is 14.2. The number of ether oxygens (including phenoxy) is 1. The molecule has 0 spiro atoms. The van der Waals surface area contributed by atoms with E-state index >= 15 is 0 Å². The summed E-state index contributed by atoms with van der Waals surface area (Å²) in [5.41, 5.74) is 0.711. The Morgan fingerprint density at radius 2 is 1.76 bits per heavy atom. The summed E-state index contributed by atoms with van der Waals surface area (Å²) in [5.74, 6) is -0.966. The summed E-state index contributed by atoms with van der Waals surface area (Å²) < 4.78 is 33.4. The SMILES string of the molecule is COCCNCc1cc(F)c(N2CCN(C)CC2)c(F)c1. The summed E-state index contributed by atoms with van der Waals surface area (Å²) in [7, 11) is 3.63. The van der Waals surface area contributed by atoms with Crippen molar-refractivity contribution in [3.05, 3.63) is 29.3 Å². The highest BCUT2D eigenvalue weighted by Crippen LogP contribution is 2.26. The number of hydrogen-bond donors (Lipinski definition) is 1. The Morgan fingerprint density at radius 1 is 1.14 bits per heavy atom. The highest BCUT2D eigenvalue weighted by molar-refractivity contribution is 5.51. The fourth-order valence-electron chi connectivity index (χ4n) is 2.46. The molecule has 4 nitrogen and oxygen atoms in total. The molecule has 1 aromatic carbocycles. The molecule has 0 saturated carbocycles. The first-order valence-corrected chi connectivity index (χ1v) is 7.23. The van der Waals surface area contributed by atoms with Crippen molar-refractivity contribution < 1.29 is 13.5 Å². The van der Waals surface area contributed by atoms with Gasteiger partial charge in [-0.2, -0.15) is 0 Å². The minimum Gasteiger partial charge on any atom is -0.383 e. The molecule has 0 bridgehead atoms. The Kier molecular flexibility index (Phi) is 5.90. The van der Waals surface area contributed by atoms with Crippen LogP contribution in [0.2, 0.25) is 0 Å². The molecule has 0 radical (unpaired) electrons. The number of methoxy groups -OCH3 is 1. The second-order valence-corrected chi connectivity index (χ2v) is 5.37. The van der Waals surface area contributed by atoms with Gasteiger partial charge in [0.2, 0.25) is 0 Å². The van der Waals surface area contributed by atoms with Crippen LogP contribution in [-0.4, -0.2) is 58.4 Å². The molecule has 21 heavy (non-hydrogen) atoms. The maximum Gasteiger partial charge on any atom is 0.149 e. The Hall–Kier alpha value is -1.24. The van der Waals surface area contributed by atoms with Gasteiger partial charge in [0, 0.05) is 46.4 Å². The molecule has 1 aliphatic heterocycles. The molecule has 0 atom stereocenters. The molecule has 1 heterocycles. The number of rotatable bonds is 6. The number of nitrogens with one attached hydrogen (secondary N) is 1. The lowest BCUT2D eigenvalue weighted by Gasteiger charge is -2.34. The van der Waals surface area contributed by atoms with Crippen LogP contribution in [0, 0.1) is 11.6 Å². The van der Waals surface area contributed by atoms with Crippen LogP contribution in [0.4, 0.5) is 14.5 Å². The summed E-state index contributed by atoms with van der Waals surface area (Å²) >= 11 is 0. The van der Waals surface area contributed by atoms with Gasteiger partial charge < -0.3 is 19.9 Å². The van der Waals surface area contributed by atoms with Gasteiger partial charge in [-0.1, -0.05) is 0 Å². The fourth-order valence-corrected chi connectivity index (χ4v) is 2.46. The zero-order valence-corrected chi connectivity index (χ0v) is 12.7. The minimum atomic E-state index is -0.483. The highest BCUT2D eigenvalue weighted by atomic mass is 19.1. The third kappa shape index (κ3) is 4.36. The van der Waals surface area contributed by atoms with Crippen molar-refractivity contribution in [2.24, 2.45) is 0 Å². The summed E-state index contributed by atoms with van der Waals surface area (Å²) in [6.07, 6.45) is 0. The molecule has 1 N–H and O–H groups in total. The maximum atomic E-state index is 14.2. The van der Waals surface area contributed by atoms with Crippen LogP contribution < -0.4 is 10.2 Å². The molecular formula is C15H23F2N3O. The van der Waals surface area contributed by atoms with Gasteiger partial charge in [-0.25, -0.2) is 8.78 Å². The molecule has 0 aromatic heterocycles. The Morgan fingerprint density at radius 3 is 2.33 bits per heavy atom. The van der Waals surface area contributed by atoms with E-state index < -0.39 is 11.6 Å². The zero-order chi connectivity index (χ0) is 15.2. The van der Waals surface area contributed by atoms with E-state index in [-0.39, 0.29) is 5.69 Å². The van der Waals surface area contributed by atoms with Crippen molar-refractivity contribution in [1.29, 1.82) is 0 Å². The van der Waals surface area contributed by atoms with Crippen molar-refractivity contribution in [3.63, 3.8) is 0 Å². The summed E-state index contributed by atoms with van der Waals surface area (Å²) in [5, 5.41) is 3.08. The smallest absolute Gasteiger partial charge is 0.149 e. The van der Waals surface area contributed by atoms with Crippen molar-refractivity contribution in [2.45, 2.75) is 6.54 Å². The second kappa shape index (κ2) is 7.68. The first kappa shape index (κ1) is 16.1. The Balaban J connectivity index is 2.03. The first-order valence-electron chi connectivity index (χ1n) is 7.23. The predicted molar refractivity (Wildman–Crippen MR) is 79.7 cm³/mol. The van der Waals surface area contributed by atoms with Crippen molar-refractivity contribution in [2.75, 3.05) is 58.4 Å². The minimum absolute atomic E-state index is 0.101. The monoisotopic (exact) mass is 299 g/mol. The standard InChI is InChI=1S/C15H23F2N3O/c1-19-4-6-20(7-5-19)15-13(16)9-12(10-14(15)17)11-18-3-8-21-2/h9-10,18H,3-8,11H2,1-2H3. The predicted octanol–water partition coefficient (Wildman–Crippen LogP) is 1.45. The van der Waals surface area contributed by atoms with Gasteiger partial charge in [0.1, 0.15) is 17.3 Å². The molecule has 1 aliphatic rings.